The van der Waals surface area contributed by atoms with Crippen LogP contribution in [0, 0.1) is 0 Å². The van der Waals surface area contributed by atoms with Crippen molar-refractivity contribution in [3.63, 3.8) is 0 Å². The third-order valence-corrected chi connectivity index (χ3v) is 7.60. The Morgan fingerprint density at radius 3 is 2.65 bits per heavy atom. The van der Waals surface area contributed by atoms with E-state index in [9.17, 15) is 13.9 Å². The summed E-state index contributed by atoms with van der Waals surface area (Å²) in [6.45, 7) is 4.52. The first kappa shape index (κ1) is 24.6. The Labute approximate surface area is 199 Å². The lowest BCUT2D eigenvalue weighted by atomic mass is 10.1. The molecule has 3 heterocycles. The normalized spacial score (nSPS) is 15.5. The summed E-state index contributed by atoms with van der Waals surface area (Å²) in [5.74, 6) is 0.721. The molecule has 1 aliphatic heterocycles. The molecule has 3 aromatic rings. The van der Waals surface area contributed by atoms with E-state index < -0.39 is 10.6 Å². The maximum absolute atomic E-state index is 12.7. The number of hydrogen-bond acceptors (Lipinski definition) is 9. The van der Waals surface area contributed by atoms with Crippen LogP contribution in [0.1, 0.15) is 0 Å². The predicted molar refractivity (Wildman–Crippen MR) is 134 cm³/mol. The Morgan fingerprint density at radius 1 is 1.21 bits per heavy atom. The number of aryl methyl sites for hydroxylation is 1. The smallest absolute Gasteiger partial charge is 0.264 e. The van der Waals surface area contributed by atoms with Crippen molar-refractivity contribution in [1.29, 1.82) is 0 Å². The van der Waals surface area contributed by atoms with Crippen LogP contribution in [0.5, 0.6) is 0 Å². The van der Waals surface area contributed by atoms with Gasteiger partial charge in [-0.2, -0.15) is 10.6 Å². The highest BCUT2D eigenvalue weighted by molar-refractivity contribution is 8.24. The van der Waals surface area contributed by atoms with Gasteiger partial charge < -0.3 is 19.4 Å². The zero-order valence-corrected chi connectivity index (χ0v) is 20.3. The minimum absolute atomic E-state index is 0.187. The molecule has 34 heavy (non-hydrogen) atoms. The molecule has 2 aromatic heterocycles. The summed E-state index contributed by atoms with van der Waals surface area (Å²) in [6, 6.07) is 8.85. The van der Waals surface area contributed by atoms with Crippen LogP contribution in [0.15, 0.2) is 46.3 Å². The number of methoxy groups -OCH3 is 1. The first-order valence-corrected chi connectivity index (χ1v) is 12.9. The van der Waals surface area contributed by atoms with E-state index in [2.05, 4.69) is 20.2 Å². The maximum atomic E-state index is 12.7. The van der Waals surface area contributed by atoms with E-state index in [-0.39, 0.29) is 11.3 Å². The summed E-state index contributed by atoms with van der Waals surface area (Å²) in [5.41, 5.74) is 1.76. The average Bonchev–Trinajstić information content (AvgIpc) is 2.86. The van der Waals surface area contributed by atoms with Crippen molar-refractivity contribution >= 4 is 27.3 Å². The quantitative estimate of drug-likeness (QED) is 0.389. The number of morpholine rings is 1. The van der Waals surface area contributed by atoms with Crippen molar-refractivity contribution in [1.82, 2.24) is 19.4 Å². The van der Waals surface area contributed by atoms with Gasteiger partial charge in [-0.25, -0.2) is 9.97 Å². The van der Waals surface area contributed by atoms with Crippen molar-refractivity contribution < 1.29 is 18.6 Å². The standard InChI is InChI=1S/C23H31N5O5S/c1-27-16-25-20-15-19(26-22(21(20)23(27)29)24-7-11-32-2)17-3-5-18(6-4-17)34(30,31)14-10-28-8-12-33-13-9-28/h3-6,15-16,30-31H,7-14H2,1-2H3,(H,24,26). The number of nitrogens with one attached hydrogen (secondary N) is 1. The minimum Gasteiger partial charge on any atom is -0.383 e. The zero-order valence-electron chi connectivity index (χ0n) is 19.4. The summed E-state index contributed by atoms with van der Waals surface area (Å²) in [7, 11) is 0.346. The van der Waals surface area contributed by atoms with Gasteiger partial charge in [-0.15, -0.1) is 0 Å². The number of rotatable bonds is 9. The van der Waals surface area contributed by atoms with Crippen molar-refractivity contribution in [3.8, 4) is 11.3 Å². The number of pyridine rings is 1. The first-order chi connectivity index (χ1) is 16.4. The summed E-state index contributed by atoms with van der Waals surface area (Å²) in [6.07, 6.45) is 1.49. The highest BCUT2D eigenvalue weighted by Gasteiger charge is 2.19. The van der Waals surface area contributed by atoms with E-state index in [1.807, 2.05) is 12.1 Å². The predicted octanol–water partition coefficient (Wildman–Crippen LogP) is 2.50. The van der Waals surface area contributed by atoms with Gasteiger partial charge in [0.25, 0.3) is 5.56 Å². The second-order valence-electron chi connectivity index (χ2n) is 8.18. The third-order valence-electron chi connectivity index (χ3n) is 5.82. The SMILES string of the molecule is COCCNc1nc(-c2ccc(S(O)(O)CCN3CCOCC3)cc2)cc2ncn(C)c(=O)c12. The molecule has 11 heteroatoms. The van der Waals surface area contributed by atoms with E-state index in [0.717, 1.165) is 18.7 Å². The van der Waals surface area contributed by atoms with E-state index >= 15 is 0 Å². The van der Waals surface area contributed by atoms with Gasteiger partial charge in [0, 0.05) is 45.9 Å². The molecule has 1 saturated heterocycles. The molecule has 1 aromatic carbocycles. The van der Waals surface area contributed by atoms with E-state index in [1.165, 1.54) is 10.9 Å². The Balaban J connectivity index is 1.58. The van der Waals surface area contributed by atoms with E-state index in [1.54, 1.807) is 32.4 Å². The van der Waals surface area contributed by atoms with Gasteiger partial charge in [-0.1, -0.05) is 12.1 Å². The van der Waals surface area contributed by atoms with Crippen LogP contribution in [-0.2, 0) is 16.5 Å². The Bertz CT molecular complexity index is 1180. The molecule has 0 atom stereocenters. The minimum atomic E-state index is -2.91. The molecule has 4 rings (SSSR count). The Kier molecular flexibility index (Phi) is 7.81. The number of anilines is 1. The van der Waals surface area contributed by atoms with Gasteiger partial charge in [0.2, 0.25) is 0 Å². The molecule has 0 spiro atoms. The molecule has 10 nitrogen and oxygen atoms in total. The molecule has 0 bridgehead atoms. The second-order valence-corrected chi connectivity index (χ2v) is 10.4. The fourth-order valence-corrected chi connectivity index (χ4v) is 5.13. The van der Waals surface area contributed by atoms with Crippen molar-refractivity contribution in [2.24, 2.45) is 7.05 Å². The van der Waals surface area contributed by atoms with Gasteiger partial charge >= 0.3 is 0 Å². The van der Waals surface area contributed by atoms with Crippen LogP contribution in [-0.4, -0.2) is 87.4 Å². The largest absolute Gasteiger partial charge is 0.383 e. The molecular formula is C23H31N5O5S. The molecule has 0 saturated carbocycles. The summed E-state index contributed by atoms with van der Waals surface area (Å²) >= 11 is 0. The first-order valence-electron chi connectivity index (χ1n) is 11.1. The number of fused-ring (bicyclic) bond motifs is 1. The van der Waals surface area contributed by atoms with Gasteiger partial charge in [0.05, 0.1) is 48.0 Å². The molecule has 0 radical (unpaired) electrons. The highest BCUT2D eigenvalue weighted by Crippen LogP contribution is 2.48. The molecule has 0 aliphatic carbocycles. The molecule has 0 unspecified atom stereocenters. The van der Waals surface area contributed by atoms with Gasteiger partial charge in [0.1, 0.15) is 11.2 Å². The summed E-state index contributed by atoms with van der Waals surface area (Å²) in [5, 5.41) is 3.59. The molecule has 1 aliphatic rings. The fourth-order valence-electron chi connectivity index (χ4n) is 3.81. The van der Waals surface area contributed by atoms with E-state index in [0.29, 0.717) is 60.2 Å². The van der Waals surface area contributed by atoms with Crippen molar-refractivity contribution in [3.05, 3.63) is 47.0 Å². The van der Waals surface area contributed by atoms with Crippen LogP contribution >= 0.6 is 10.6 Å². The topological polar surface area (TPSA) is 122 Å². The lowest BCUT2D eigenvalue weighted by molar-refractivity contribution is 0.0406. The maximum Gasteiger partial charge on any atom is 0.264 e. The van der Waals surface area contributed by atoms with Crippen LogP contribution in [0.2, 0.25) is 0 Å². The van der Waals surface area contributed by atoms with E-state index in [4.69, 9.17) is 9.47 Å². The van der Waals surface area contributed by atoms with Crippen molar-refractivity contribution in [2.75, 3.05) is 64.2 Å². The Morgan fingerprint density at radius 2 is 1.94 bits per heavy atom. The molecule has 3 N–H and O–H groups in total. The number of hydrogen-bond donors (Lipinski definition) is 3. The van der Waals surface area contributed by atoms with Crippen LogP contribution in [0.25, 0.3) is 22.2 Å². The number of benzene rings is 1. The van der Waals surface area contributed by atoms with Gasteiger partial charge in [-0.05, 0) is 18.2 Å². The van der Waals surface area contributed by atoms with Gasteiger partial charge in [0.15, 0.2) is 0 Å². The number of ether oxygens (including phenoxy) is 2. The molecule has 1 fully saturated rings. The average molecular weight is 490 g/mol. The summed E-state index contributed by atoms with van der Waals surface area (Å²) in [4.78, 5) is 24.5. The monoisotopic (exact) mass is 489 g/mol. The molecular weight excluding hydrogens is 458 g/mol. The Hall–Kier alpha value is -2.54. The van der Waals surface area contributed by atoms with Crippen LogP contribution in [0.3, 0.4) is 0 Å². The second kappa shape index (κ2) is 10.8. The number of aromatic nitrogens is 3. The fraction of sp³-hybridized carbons (Fsp3) is 0.435. The highest BCUT2D eigenvalue weighted by atomic mass is 32.3. The lowest BCUT2D eigenvalue weighted by Gasteiger charge is -2.35. The molecule has 184 valence electrons. The third kappa shape index (κ3) is 5.57. The molecule has 0 amide bonds. The summed E-state index contributed by atoms with van der Waals surface area (Å²) < 4.78 is 33.3. The van der Waals surface area contributed by atoms with Crippen molar-refractivity contribution in [2.45, 2.75) is 4.90 Å². The van der Waals surface area contributed by atoms with Crippen LogP contribution < -0.4 is 10.9 Å². The zero-order chi connectivity index (χ0) is 24.1. The lowest BCUT2D eigenvalue weighted by Crippen LogP contribution is -2.38. The number of nitrogens with zero attached hydrogens (tertiary/aromatic N) is 4. The van der Waals surface area contributed by atoms with Gasteiger partial charge in [-0.3, -0.25) is 18.8 Å². The van der Waals surface area contributed by atoms with Crippen LogP contribution in [0.4, 0.5) is 5.82 Å².